The molecule has 4 rings (SSSR count). The summed E-state index contributed by atoms with van der Waals surface area (Å²) in [4.78, 5) is 21.9. The summed E-state index contributed by atoms with van der Waals surface area (Å²) in [5.41, 5.74) is 18.3. The zero-order chi connectivity index (χ0) is 22.3. The molecular formula is C21H27N7O3. The maximum Gasteiger partial charge on any atom is 0.316 e. The number of benzene rings is 1. The van der Waals surface area contributed by atoms with Crippen LogP contribution in [0.15, 0.2) is 39.0 Å². The lowest BCUT2D eigenvalue weighted by Crippen LogP contribution is -2.25. The number of anilines is 1. The Morgan fingerprint density at radius 1 is 1.32 bits per heavy atom. The number of carbonyl (C=O) groups excluding carboxylic acids is 1. The van der Waals surface area contributed by atoms with Crippen molar-refractivity contribution < 1.29 is 13.9 Å². The molecule has 0 bridgehead atoms. The average Bonchev–Trinajstić information content (AvgIpc) is 3.06. The second kappa shape index (κ2) is 8.12. The van der Waals surface area contributed by atoms with Crippen molar-refractivity contribution in [1.29, 1.82) is 0 Å². The quantitative estimate of drug-likeness (QED) is 0.210. The third kappa shape index (κ3) is 4.04. The van der Waals surface area contributed by atoms with E-state index in [9.17, 15) is 4.79 Å². The molecule has 10 heteroatoms. The number of nitrogens with zero attached hydrogens (tertiary/aromatic N) is 4. The number of carbonyl (C=O) groups is 1. The highest BCUT2D eigenvalue weighted by Gasteiger charge is 2.48. The number of hydrazone groups is 1. The van der Waals surface area contributed by atoms with Crippen molar-refractivity contribution >= 4 is 23.5 Å². The number of aryl methyl sites for hydroxylation is 1. The van der Waals surface area contributed by atoms with Crippen molar-refractivity contribution in [1.82, 2.24) is 9.88 Å². The number of oxazole rings is 1. The summed E-state index contributed by atoms with van der Waals surface area (Å²) in [6.07, 6.45) is 0.656. The predicted molar refractivity (Wildman–Crippen MR) is 117 cm³/mol. The van der Waals surface area contributed by atoms with Crippen LogP contribution in [0.1, 0.15) is 60.1 Å². The molecule has 5 N–H and O–H groups in total. The number of hydrogen-bond donors (Lipinski definition) is 3. The lowest BCUT2D eigenvalue weighted by Gasteiger charge is -2.18. The van der Waals surface area contributed by atoms with E-state index >= 15 is 0 Å². The largest absolute Gasteiger partial charge is 0.430 e. The molecule has 1 aromatic heterocycles. The van der Waals surface area contributed by atoms with Crippen LogP contribution in [0.2, 0.25) is 0 Å². The standard InChI is InChI=1S/C21H27N7O3/c1-10-5-6-14(15(7-10)19-20(23)24-13(4)31-19)18-11(2)28(18)17(8-22)26-27-21-25-16(9-30-21)12(3)29/h5-7,9,11,13,18-19H,8,22H2,1-4H3,(H2,23,24)(H,25,27)/b26-17-. The number of rotatable bonds is 6. The van der Waals surface area contributed by atoms with Crippen LogP contribution in [-0.2, 0) is 4.74 Å². The smallest absolute Gasteiger partial charge is 0.316 e. The Balaban J connectivity index is 1.57. The van der Waals surface area contributed by atoms with Crippen LogP contribution in [0, 0.1) is 6.92 Å². The highest BCUT2D eigenvalue weighted by Crippen LogP contribution is 2.46. The molecule has 4 unspecified atom stereocenters. The molecule has 0 aliphatic carbocycles. The molecule has 2 aliphatic heterocycles. The van der Waals surface area contributed by atoms with Gasteiger partial charge in [-0.05, 0) is 31.9 Å². The molecule has 2 aromatic rings. The first-order valence-corrected chi connectivity index (χ1v) is 10.2. The normalized spacial score (nSPS) is 25.5. The summed E-state index contributed by atoms with van der Waals surface area (Å²) in [6.45, 7) is 7.66. The Morgan fingerprint density at radius 3 is 2.71 bits per heavy atom. The lowest BCUT2D eigenvalue weighted by atomic mass is 9.96. The van der Waals surface area contributed by atoms with E-state index < -0.39 is 0 Å². The van der Waals surface area contributed by atoms with E-state index in [1.165, 1.54) is 13.2 Å². The van der Waals surface area contributed by atoms with Crippen LogP contribution >= 0.6 is 0 Å². The average molecular weight is 425 g/mol. The van der Waals surface area contributed by atoms with E-state index in [1.54, 1.807) is 0 Å². The molecule has 0 saturated carbocycles. The maximum atomic E-state index is 11.4. The molecule has 164 valence electrons. The number of hydrogen-bond acceptors (Lipinski definition) is 9. The Kier molecular flexibility index (Phi) is 5.50. The molecule has 1 aromatic carbocycles. The minimum absolute atomic E-state index is 0.0735. The molecule has 1 fully saturated rings. The summed E-state index contributed by atoms with van der Waals surface area (Å²) in [5.74, 6) is 0.949. The van der Waals surface area contributed by atoms with Gasteiger partial charge in [0, 0.05) is 6.92 Å². The maximum absolute atomic E-state index is 11.4. The third-order valence-electron chi connectivity index (χ3n) is 5.51. The van der Waals surface area contributed by atoms with Gasteiger partial charge >= 0.3 is 6.01 Å². The van der Waals surface area contributed by atoms with E-state index in [0.29, 0.717) is 11.7 Å². The van der Waals surface area contributed by atoms with Crippen LogP contribution in [0.5, 0.6) is 0 Å². The van der Waals surface area contributed by atoms with Crippen molar-refractivity contribution in [3.05, 3.63) is 46.8 Å². The summed E-state index contributed by atoms with van der Waals surface area (Å²) >= 11 is 0. The molecule has 3 heterocycles. The van der Waals surface area contributed by atoms with E-state index in [-0.39, 0.29) is 48.5 Å². The zero-order valence-electron chi connectivity index (χ0n) is 18.0. The summed E-state index contributed by atoms with van der Waals surface area (Å²) in [6, 6.07) is 6.65. The fraction of sp³-hybridized carbons (Fsp3) is 0.429. The predicted octanol–water partition coefficient (Wildman–Crippen LogP) is 2.09. The Labute approximate surface area is 180 Å². The van der Waals surface area contributed by atoms with Gasteiger partial charge in [-0.2, -0.15) is 10.1 Å². The van der Waals surface area contributed by atoms with Gasteiger partial charge in [0.2, 0.25) is 0 Å². The van der Waals surface area contributed by atoms with Crippen molar-refractivity contribution in [3.8, 4) is 0 Å². The van der Waals surface area contributed by atoms with Gasteiger partial charge in [-0.15, -0.1) is 0 Å². The van der Waals surface area contributed by atoms with Crippen molar-refractivity contribution in [2.45, 2.75) is 52.1 Å². The zero-order valence-corrected chi connectivity index (χ0v) is 18.0. The Hall–Kier alpha value is -3.24. The van der Waals surface area contributed by atoms with Crippen LogP contribution < -0.4 is 16.9 Å². The summed E-state index contributed by atoms with van der Waals surface area (Å²) in [7, 11) is 0. The monoisotopic (exact) mass is 425 g/mol. The van der Waals surface area contributed by atoms with E-state index in [1.807, 2.05) is 13.8 Å². The minimum atomic E-state index is -0.367. The first kappa shape index (κ1) is 21.0. The molecule has 1 saturated heterocycles. The van der Waals surface area contributed by atoms with Gasteiger partial charge in [-0.3, -0.25) is 4.79 Å². The molecule has 10 nitrogen and oxygen atoms in total. The van der Waals surface area contributed by atoms with Gasteiger partial charge in [0.15, 0.2) is 5.78 Å². The van der Waals surface area contributed by atoms with Crippen LogP contribution in [0.25, 0.3) is 0 Å². The molecule has 31 heavy (non-hydrogen) atoms. The van der Waals surface area contributed by atoms with Gasteiger partial charge in [0.05, 0.1) is 18.6 Å². The number of aliphatic imine (C=N–C) groups is 1. The van der Waals surface area contributed by atoms with Crippen molar-refractivity contribution in [2.24, 2.45) is 21.6 Å². The van der Waals surface area contributed by atoms with Gasteiger partial charge in [-0.25, -0.2) is 10.4 Å². The SMILES string of the molecule is CC(=O)c1coc(N/N=C(/CN)N2C(C)C2c2ccc(C)cc2C2OC(C)N=C2N)n1. The molecule has 0 spiro atoms. The van der Waals surface area contributed by atoms with Crippen LogP contribution in [0.4, 0.5) is 6.01 Å². The molecule has 4 atom stereocenters. The number of Topliss-reactive ketones (excluding diaryl/α,β-unsaturated/α-hetero) is 1. The molecule has 0 amide bonds. The van der Waals surface area contributed by atoms with E-state index in [2.05, 4.69) is 50.5 Å². The van der Waals surface area contributed by atoms with Crippen LogP contribution in [0.3, 0.4) is 0 Å². The summed E-state index contributed by atoms with van der Waals surface area (Å²) < 4.78 is 11.2. The second-order valence-electron chi connectivity index (χ2n) is 7.83. The van der Waals surface area contributed by atoms with Crippen molar-refractivity contribution in [3.63, 3.8) is 0 Å². The van der Waals surface area contributed by atoms with Gasteiger partial charge in [0.25, 0.3) is 0 Å². The Morgan fingerprint density at radius 2 is 2.10 bits per heavy atom. The molecule has 2 aliphatic rings. The second-order valence-corrected chi connectivity index (χ2v) is 7.83. The number of ketones is 1. The Bertz CT molecular complexity index is 1060. The number of amidine groups is 2. The van der Waals surface area contributed by atoms with Crippen molar-refractivity contribution in [2.75, 3.05) is 12.0 Å². The number of nitrogens with two attached hydrogens (primary N) is 2. The fourth-order valence-corrected chi connectivity index (χ4v) is 3.96. The van der Waals surface area contributed by atoms with E-state index in [4.69, 9.17) is 20.6 Å². The van der Waals surface area contributed by atoms with Crippen LogP contribution in [-0.4, -0.2) is 46.2 Å². The van der Waals surface area contributed by atoms with Gasteiger partial charge in [0.1, 0.15) is 36.0 Å². The number of aromatic nitrogens is 1. The highest BCUT2D eigenvalue weighted by atomic mass is 16.5. The third-order valence-corrected chi connectivity index (χ3v) is 5.51. The van der Waals surface area contributed by atoms with Gasteiger partial charge in [-0.1, -0.05) is 23.8 Å². The molecular weight excluding hydrogens is 398 g/mol. The fourth-order valence-electron chi connectivity index (χ4n) is 3.96. The minimum Gasteiger partial charge on any atom is -0.430 e. The molecule has 0 radical (unpaired) electrons. The summed E-state index contributed by atoms with van der Waals surface area (Å²) in [5, 5.41) is 4.37. The van der Waals surface area contributed by atoms with E-state index in [0.717, 1.165) is 16.7 Å². The topological polar surface area (TPSA) is 144 Å². The number of ether oxygens (including phenoxy) is 1. The highest BCUT2D eigenvalue weighted by molar-refractivity contribution is 5.92. The first-order valence-electron chi connectivity index (χ1n) is 10.2. The lowest BCUT2D eigenvalue weighted by molar-refractivity contribution is 0.0614. The van der Waals surface area contributed by atoms with Gasteiger partial charge < -0.3 is 25.5 Å². The number of nitrogens with one attached hydrogen (secondary N) is 1. The first-order chi connectivity index (χ1) is 14.8.